The van der Waals surface area contributed by atoms with Crippen LogP contribution in [0.4, 0.5) is 4.79 Å². The summed E-state index contributed by atoms with van der Waals surface area (Å²) in [5.41, 5.74) is -0.0199. The van der Waals surface area contributed by atoms with E-state index in [4.69, 9.17) is 4.74 Å². The zero-order chi connectivity index (χ0) is 16.1. The lowest BCUT2D eigenvalue weighted by atomic mass is 9.49. The molecule has 2 atom stereocenters. The third-order valence-corrected chi connectivity index (χ3v) is 5.76. The number of rotatable bonds is 1. The lowest BCUT2D eigenvalue weighted by Crippen LogP contribution is -2.59. The Morgan fingerprint density at radius 3 is 2.36 bits per heavy atom. The molecule has 0 aromatic carbocycles. The Morgan fingerprint density at radius 2 is 1.82 bits per heavy atom. The largest absolute Gasteiger partial charge is 0.444 e. The molecule has 3 rings (SSSR count). The number of likely N-dealkylation sites (tertiary alicyclic amines) is 1. The molecule has 4 nitrogen and oxygen atoms in total. The summed E-state index contributed by atoms with van der Waals surface area (Å²) in [7, 11) is 0. The smallest absolute Gasteiger partial charge is 0.410 e. The molecule has 4 heteroatoms. The van der Waals surface area contributed by atoms with E-state index in [0.717, 1.165) is 25.8 Å². The van der Waals surface area contributed by atoms with Crippen LogP contribution in [-0.4, -0.2) is 40.4 Å². The summed E-state index contributed by atoms with van der Waals surface area (Å²) < 4.78 is 5.63. The number of aliphatic hydroxyl groups is 1. The summed E-state index contributed by atoms with van der Waals surface area (Å²) >= 11 is 0. The number of hydrogen-bond donors (Lipinski definition) is 1. The summed E-state index contributed by atoms with van der Waals surface area (Å²) in [6, 6.07) is 0.342. The number of ether oxygens (including phenoxy) is 1. The number of carbonyl (C=O) groups is 1. The molecule has 2 aliphatic carbocycles. The van der Waals surface area contributed by atoms with Gasteiger partial charge in [0.2, 0.25) is 0 Å². The van der Waals surface area contributed by atoms with Gasteiger partial charge in [0.05, 0.1) is 6.10 Å². The van der Waals surface area contributed by atoms with Crippen molar-refractivity contribution in [3.8, 4) is 0 Å². The number of piperidine rings is 1. The quantitative estimate of drug-likeness (QED) is 0.805. The predicted molar refractivity (Wildman–Crippen MR) is 85.5 cm³/mol. The first kappa shape index (κ1) is 16.1. The van der Waals surface area contributed by atoms with E-state index < -0.39 is 5.60 Å². The van der Waals surface area contributed by atoms with Crippen molar-refractivity contribution in [2.24, 2.45) is 17.3 Å². The fourth-order valence-electron chi connectivity index (χ4n) is 4.79. The monoisotopic (exact) mass is 309 g/mol. The molecule has 0 bridgehead atoms. The van der Waals surface area contributed by atoms with E-state index in [1.165, 1.54) is 19.3 Å². The second-order valence-corrected chi connectivity index (χ2v) is 9.11. The fraction of sp³-hybridized carbons (Fsp3) is 0.944. The summed E-state index contributed by atoms with van der Waals surface area (Å²) in [4.78, 5) is 14.6. The van der Waals surface area contributed by atoms with Gasteiger partial charge in [0.15, 0.2) is 0 Å². The molecule has 1 N–H and O–H groups in total. The summed E-state index contributed by atoms with van der Waals surface area (Å²) in [6.45, 7) is 8.84. The maximum atomic E-state index is 12.6. The normalized spacial score (nSPS) is 41.8. The Morgan fingerprint density at radius 1 is 1.18 bits per heavy atom. The summed E-state index contributed by atoms with van der Waals surface area (Å²) in [6.07, 6.45) is 6.40. The van der Waals surface area contributed by atoms with Crippen molar-refractivity contribution in [3.05, 3.63) is 0 Å². The van der Waals surface area contributed by atoms with Gasteiger partial charge in [-0.05, 0) is 76.5 Å². The highest BCUT2D eigenvalue weighted by molar-refractivity contribution is 5.68. The van der Waals surface area contributed by atoms with Gasteiger partial charge >= 0.3 is 6.09 Å². The van der Waals surface area contributed by atoms with E-state index in [2.05, 4.69) is 6.92 Å². The Balaban J connectivity index is 1.62. The predicted octanol–water partition coefficient (Wildman–Crippen LogP) is 3.57. The molecule has 22 heavy (non-hydrogen) atoms. The van der Waals surface area contributed by atoms with Crippen LogP contribution in [0.15, 0.2) is 0 Å². The molecular formula is C18H31NO3. The van der Waals surface area contributed by atoms with Crippen molar-refractivity contribution < 1.29 is 14.6 Å². The molecule has 1 heterocycles. The Hall–Kier alpha value is -0.770. The van der Waals surface area contributed by atoms with Crippen LogP contribution in [-0.2, 0) is 4.74 Å². The van der Waals surface area contributed by atoms with Crippen molar-refractivity contribution in [2.75, 3.05) is 6.54 Å². The first-order valence-electron chi connectivity index (χ1n) is 8.85. The lowest BCUT2D eigenvalue weighted by Gasteiger charge is -2.60. The Labute approximate surface area is 134 Å². The minimum atomic E-state index is -0.429. The van der Waals surface area contributed by atoms with Gasteiger partial charge in [-0.1, -0.05) is 6.92 Å². The van der Waals surface area contributed by atoms with Gasteiger partial charge in [-0.15, -0.1) is 0 Å². The number of amides is 1. The molecule has 0 aromatic rings. The molecule has 0 radical (unpaired) electrons. The van der Waals surface area contributed by atoms with E-state index in [-0.39, 0.29) is 12.2 Å². The van der Waals surface area contributed by atoms with Crippen LogP contribution in [0.1, 0.15) is 66.2 Å². The Bertz CT molecular complexity index is 428. The maximum Gasteiger partial charge on any atom is 0.410 e. The molecule has 1 amide bonds. The highest BCUT2D eigenvalue weighted by Crippen LogP contribution is 2.60. The number of aliphatic hydroxyl groups excluding tert-OH is 1. The third-order valence-electron chi connectivity index (χ3n) is 5.76. The molecule has 2 unspecified atom stereocenters. The second-order valence-electron chi connectivity index (χ2n) is 9.11. The van der Waals surface area contributed by atoms with Crippen LogP contribution in [0.2, 0.25) is 0 Å². The number of hydrogen-bond acceptors (Lipinski definition) is 3. The Kier molecular flexibility index (Phi) is 3.95. The average molecular weight is 309 g/mol. The zero-order valence-electron chi connectivity index (χ0n) is 14.5. The molecule has 1 saturated heterocycles. The van der Waals surface area contributed by atoms with Gasteiger partial charge in [-0.3, -0.25) is 0 Å². The van der Waals surface area contributed by atoms with Crippen LogP contribution >= 0.6 is 0 Å². The van der Waals surface area contributed by atoms with Gasteiger partial charge in [-0.25, -0.2) is 4.79 Å². The highest BCUT2D eigenvalue weighted by atomic mass is 16.6. The third kappa shape index (κ3) is 3.12. The van der Waals surface area contributed by atoms with Crippen molar-refractivity contribution in [1.82, 2.24) is 4.90 Å². The molecule has 1 spiro atoms. The summed E-state index contributed by atoms with van der Waals surface area (Å²) in [5.74, 6) is 1.16. The van der Waals surface area contributed by atoms with Crippen LogP contribution in [0.5, 0.6) is 0 Å². The average Bonchev–Trinajstić information content (AvgIpc) is 2.30. The van der Waals surface area contributed by atoms with E-state index in [0.29, 0.717) is 23.3 Å². The molecule has 3 fully saturated rings. The van der Waals surface area contributed by atoms with Crippen molar-refractivity contribution in [1.29, 1.82) is 0 Å². The maximum absolute atomic E-state index is 12.6. The van der Waals surface area contributed by atoms with Crippen LogP contribution in [0.25, 0.3) is 0 Å². The standard InChI is InChI=1S/C18H31NO3/c1-12-5-6-15(13-7-18(8-13)9-14(20)10-18)19(11-12)16(21)22-17(2,3)4/h12-15,20H,5-11H2,1-4H3. The molecule has 126 valence electrons. The lowest BCUT2D eigenvalue weighted by molar-refractivity contribution is -0.133. The van der Waals surface area contributed by atoms with Crippen molar-refractivity contribution in [3.63, 3.8) is 0 Å². The van der Waals surface area contributed by atoms with Gasteiger partial charge in [0, 0.05) is 12.6 Å². The minimum Gasteiger partial charge on any atom is -0.444 e. The minimum absolute atomic E-state index is 0.0747. The van der Waals surface area contributed by atoms with E-state index in [1.54, 1.807) is 0 Å². The number of nitrogens with zero attached hydrogens (tertiary/aromatic N) is 1. The topological polar surface area (TPSA) is 49.8 Å². The van der Waals surface area contributed by atoms with E-state index in [1.807, 2.05) is 25.7 Å². The van der Waals surface area contributed by atoms with E-state index in [9.17, 15) is 9.90 Å². The van der Waals surface area contributed by atoms with Gasteiger partial charge in [0.1, 0.15) is 5.60 Å². The van der Waals surface area contributed by atoms with Gasteiger partial charge in [0.25, 0.3) is 0 Å². The highest BCUT2D eigenvalue weighted by Gasteiger charge is 2.55. The second kappa shape index (κ2) is 5.40. The van der Waals surface area contributed by atoms with Gasteiger partial charge < -0.3 is 14.7 Å². The number of carbonyl (C=O) groups excluding carboxylic acids is 1. The fourth-order valence-corrected chi connectivity index (χ4v) is 4.79. The first-order valence-corrected chi connectivity index (χ1v) is 8.85. The molecule has 1 aliphatic heterocycles. The van der Waals surface area contributed by atoms with Crippen molar-refractivity contribution in [2.45, 2.75) is 84.0 Å². The van der Waals surface area contributed by atoms with E-state index >= 15 is 0 Å². The first-order chi connectivity index (χ1) is 10.2. The molecule has 3 aliphatic rings. The summed E-state index contributed by atoms with van der Waals surface area (Å²) in [5, 5.41) is 9.56. The van der Waals surface area contributed by atoms with Gasteiger partial charge in [-0.2, -0.15) is 0 Å². The molecule has 2 saturated carbocycles. The van der Waals surface area contributed by atoms with Crippen LogP contribution in [0, 0.1) is 17.3 Å². The SMILES string of the molecule is CC1CCC(C2CC3(CC(O)C3)C2)N(C(=O)OC(C)(C)C)C1. The zero-order valence-corrected chi connectivity index (χ0v) is 14.5. The van der Waals surface area contributed by atoms with Crippen LogP contribution in [0.3, 0.4) is 0 Å². The van der Waals surface area contributed by atoms with Crippen LogP contribution < -0.4 is 0 Å². The van der Waals surface area contributed by atoms with Crippen molar-refractivity contribution >= 4 is 6.09 Å². The molecular weight excluding hydrogens is 278 g/mol. The molecule has 0 aromatic heterocycles.